The van der Waals surface area contributed by atoms with Crippen molar-refractivity contribution in [1.29, 1.82) is 0 Å². The molecule has 0 unspecified atom stereocenters. The van der Waals surface area contributed by atoms with E-state index in [4.69, 9.17) is 5.11 Å². The highest BCUT2D eigenvalue weighted by Crippen LogP contribution is 2.28. The van der Waals surface area contributed by atoms with Gasteiger partial charge in [-0.1, -0.05) is 24.3 Å². The predicted molar refractivity (Wildman–Crippen MR) is 83.4 cm³/mol. The number of anilines is 1. The molecule has 1 aromatic carbocycles. The van der Waals surface area contributed by atoms with Crippen LogP contribution in [0.4, 0.5) is 5.82 Å². The van der Waals surface area contributed by atoms with Crippen LogP contribution in [-0.4, -0.2) is 35.0 Å². The van der Waals surface area contributed by atoms with Gasteiger partial charge >= 0.3 is 0 Å². The van der Waals surface area contributed by atoms with Crippen molar-refractivity contribution in [1.82, 2.24) is 10.2 Å². The number of fused-ring (bicyclic) bond motifs is 1. The van der Waals surface area contributed by atoms with Crippen molar-refractivity contribution < 1.29 is 5.11 Å². The molecule has 0 bridgehead atoms. The SMILES string of the molecule is Cl.OCCC1CCN(c2nncc3ccccc23)CC1. The van der Waals surface area contributed by atoms with Gasteiger partial charge in [0.2, 0.25) is 0 Å². The van der Waals surface area contributed by atoms with E-state index in [2.05, 4.69) is 27.2 Å². The molecule has 1 aliphatic rings. The molecule has 1 fully saturated rings. The van der Waals surface area contributed by atoms with Crippen molar-refractivity contribution in [2.24, 2.45) is 5.92 Å². The second-order valence-electron chi connectivity index (χ2n) is 5.20. The Bertz CT molecular complexity index is 550. The number of piperidine rings is 1. The van der Waals surface area contributed by atoms with Crippen LogP contribution in [0.2, 0.25) is 0 Å². The first-order valence-electron chi connectivity index (χ1n) is 6.94. The maximum absolute atomic E-state index is 9.01. The van der Waals surface area contributed by atoms with Crippen LogP contribution in [0.3, 0.4) is 0 Å². The van der Waals surface area contributed by atoms with Gasteiger partial charge in [-0.25, -0.2) is 0 Å². The highest BCUT2D eigenvalue weighted by atomic mass is 35.5. The number of rotatable bonds is 3. The first-order chi connectivity index (χ1) is 9.38. The number of aromatic nitrogens is 2. The predicted octanol–water partition coefficient (Wildman–Crippen LogP) is 2.65. The fourth-order valence-electron chi connectivity index (χ4n) is 2.86. The fourth-order valence-corrected chi connectivity index (χ4v) is 2.86. The van der Waals surface area contributed by atoms with Gasteiger partial charge in [0, 0.05) is 30.5 Å². The van der Waals surface area contributed by atoms with Crippen LogP contribution < -0.4 is 4.90 Å². The second kappa shape index (κ2) is 6.86. The number of nitrogens with zero attached hydrogens (tertiary/aromatic N) is 3. The highest BCUT2D eigenvalue weighted by molar-refractivity contribution is 5.91. The van der Waals surface area contributed by atoms with E-state index in [0.29, 0.717) is 12.5 Å². The lowest BCUT2D eigenvalue weighted by atomic mass is 9.94. The van der Waals surface area contributed by atoms with Gasteiger partial charge in [-0.05, 0) is 25.2 Å². The van der Waals surface area contributed by atoms with Gasteiger partial charge in [0.1, 0.15) is 0 Å². The molecule has 108 valence electrons. The third kappa shape index (κ3) is 3.02. The van der Waals surface area contributed by atoms with Gasteiger partial charge in [-0.2, -0.15) is 5.10 Å². The molecule has 1 aromatic heterocycles. The maximum Gasteiger partial charge on any atom is 0.159 e. The Kier molecular flexibility index (Phi) is 5.15. The van der Waals surface area contributed by atoms with Crippen molar-refractivity contribution >= 4 is 29.0 Å². The van der Waals surface area contributed by atoms with E-state index < -0.39 is 0 Å². The van der Waals surface area contributed by atoms with Crippen molar-refractivity contribution in [2.75, 3.05) is 24.6 Å². The van der Waals surface area contributed by atoms with Crippen LogP contribution in [0.1, 0.15) is 19.3 Å². The van der Waals surface area contributed by atoms with Gasteiger partial charge < -0.3 is 10.0 Å². The molecule has 20 heavy (non-hydrogen) atoms. The van der Waals surface area contributed by atoms with Crippen molar-refractivity contribution in [2.45, 2.75) is 19.3 Å². The summed E-state index contributed by atoms with van der Waals surface area (Å²) < 4.78 is 0. The number of hydrogen-bond donors (Lipinski definition) is 1. The number of benzene rings is 1. The molecule has 0 amide bonds. The van der Waals surface area contributed by atoms with Crippen molar-refractivity contribution in [3.63, 3.8) is 0 Å². The number of aliphatic hydroxyl groups excluding tert-OH is 1. The Morgan fingerprint density at radius 1 is 1.20 bits per heavy atom. The van der Waals surface area contributed by atoms with Crippen LogP contribution in [0.25, 0.3) is 10.8 Å². The van der Waals surface area contributed by atoms with E-state index in [-0.39, 0.29) is 12.4 Å². The monoisotopic (exact) mass is 293 g/mol. The fraction of sp³-hybridized carbons (Fsp3) is 0.467. The summed E-state index contributed by atoms with van der Waals surface area (Å²) in [5.74, 6) is 1.66. The van der Waals surface area contributed by atoms with Crippen molar-refractivity contribution in [3.05, 3.63) is 30.5 Å². The van der Waals surface area contributed by atoms with E-state index in [1.807, 2.05) is 18.3 Å². The smallest absolute Gasteiger partial charge is 0.159 e. The quantitative estimate of drug-likeness (QED) is 0.945. The normalized spacial score (nSPS) is 16.1. The average molecular weight is 294 g/mol. The summed E-state index contributed by atoms with van der Waals surface area (Å²) in [7, 11) is 0. The van der Waals surface area contributed by atoms with Crippen LogP contribution >= 0.6 is 12.4 Å². The zero-order chi connectivity index (χ0) is 13.1. The summed E-state index contributed by atoms with van der Waals surface area (Å²) in [5, 5.41) is 19.8. The number of aliphatic hydroxyl groups is 1. The molecule has 2 aromatic rings. The first kappa shape index (κ1) is 15.0. The molecule has 4 nitrogen and oxygen atoms in total. The highest BCUT2D eigenvalue weighted by Gasteiger charge is 2.21. The lowest BCUT2D eigenvalue weighted by molar-refractivity contribution is 0.240. The molecule has 5 heteroatoms. The molecular weight excluding hydrogens is 274 g/mol. The minimum absolute atomic E-state index is 0. The Labute approximate surface area is 125 Å². The van der Waals surface area contributed by atoms with Crippen LogP contribution in [0.5, 0.6) is 0 Å². The molecule has 0 radical (unpaired) electrons. The Morgan fingerprint density at radius 2 is 1.95 bits per heavy atom. The lowest BCUT2D eigenvalue weighted by Crippen LogP contribution is -2.34. The van der Waals surface area contributed by atoms with Gasteiger partial charge in [0.15, 0.2) is 5.82 Å². The Morgan fingerprint density at radius 3 is 2.70 bits per heavy atom. The number of hydrogen-bond acceptors (Lipinski definition) is 4. The summed E-state index contributed by atoms with van der Waals surface area (Å²) in [6.07, 6.45) is 5.00. The summed E-state index contributed by atoms with van der Waals surface area (Å²) in [6, 6.07) is 8.26. The Hall–Kier alpha value is -1.39. The standard InChI is InChI=1S/C15H19N3O.ClH/c19-10-7-12-5-8-18(9-6-12)15-14-4-2-1-3-13(14)11-16-17-15;/h1-4,11-12,19H,5-10H2;1H. The molecule has 1 aliphatic heterocycles. The topological polar surface area (TPSA) is 49.2 Å². The van der Waals surface area contributed by atoms with Crippen LogP contribution in [0.15, 0.2) is 30.5 Å². The van der Waals surface area contributed by atoms with Crippen LogP contribution in [0, 0.1) is 5.92 Å². The van der Waals surface area contributed by atoms with E-state index in [1.165, 1.54) is 5.39 Å². The summed E-state index contributed by atoms with van der Waals surface area (Å²) >= 11 is 0. The third-order valence-corrected chi connectivity index (χ3v) is 4.00. The first-order valence-corrected chi connectivity index (χ1v) is 6.94. The zero-order valence-electron chi connectivity index (χ0n) is 11.4. The molecule has 0 saturated carbocycles. The van der Waals surface area contributed by atoms with Gasteiger partial charge in [-0.3, -0.25) is 0 Å². The lowest BCUT2D eigenvalue weighted by Gasteiger charge is -2.32. The largest absolute Gasteiger partial charge is 0.396 e. The molecule has 0 spiro atoms. The van der Waals surface area contributed by atoms with E-state index in [9.17, 15) is 0 Å². The summed E-state index contributed by atoms with van der Waals surface area (Å²) in [4.78, 5) is 2.32. The van der Waals surface area contributed by atoms with E-state index in [1.54, 1.807) is 0 Å². The van der Waals surface area contributed by atoms with Crippen LogP contribution in [-0.2, 0) is 0 Å². The molecule has 1 saturated heterocycles. The minimum Gasteiger partial charge on any atom is -0.396 e. The molecular formula is C15H20ClN3O. The van der Waals surface area contributed by atoms with Gasteiger partial charge in [0.05, 0.1) is 6.20 Å². The molecule has 0 atom stereocenters. The molecule has 2 heterocycles. The molecule has 0 aliphatic carbocycles. The van der Waals surface area contributed by atoms with Crippen molar-refractivity contribution in [3.8, 4) is 0 Å². The maximum atomic E-state index is 9.01. The number of halogens is 1. The Balaban J connectivity index is 0.00000147. The minimum atomic E-state index is 0. The second-order valence-corrected chi connectivity index (χ2v) is 5.20. The third-order valence-electron chi connectivity index (χ3n) is 4.00. The molecule has 1 N–H and O–H groups in total. The van der Waals surface area contributed by atoms with E-state index >= 15 is 0 Å². The zero-order valence-corrected chi connectivity index (χ0v) is 12.2. The van der Waals surface area contributed by atoms with Gasteiger partial charge in [-0.15, -0.1) is 17.5 Å². The van der Waals surface area contributed by atoms with E-state index in [0.717, 1.165) is 43.6 Å². The van der Waals surface area contributed by atoms with Gasteiger partial charge in [0.25, 0.3) is 0 Å². The summed E-state index contributed by atoms with van der Waals surface area (Å²) in [6.45, 7) is 2.32. The molecule has 3 rings (SSSR count). The average Bonchev–Trinajstić information content (AvgIpc) is 2.48. The summed E-state index contributed by atoms with van der Waals surface area (Å²) in [5.41, 5.74) is 0.